The largest absolute Gasteiger partial charge is 0.492 e. The number of esters is 1. The van der Waals surface area contributed by atoms with Crippen molar-refractivity contribution in [2.75, 3.05) is 19.8 Å². The summed E-state index contributed by atoms with van der Waals surface area (Å²) >= 11 is 0. The van der Waals surface area contributed by atoms with E-state index in [9.17, 15) is 13.2 Å². The fourth-order valence-electron chi connectivity index (χ4n) is 1.63. The van der Waals surface area contributed by atoms with Gasteiger partial charge < -0.3 is 14.2 Å². The number of primary sulfonamides is 1. The Morgan fingerprint density at radius 1 is 1.45 bits per heavy atom. The Bertz CT molecular complexity index is 608. The number of rotatable bonds is 5. The first kappa shape index (κ1) is 14.8. The third-order valence-corrected chi connectivity index (χ3v) is 3.60. The smallest absolute Gasteiger partial charge is 0.338 e. The quantitative estimate of drug-likeness (QED) is 0.784. The standard InChI is InChI=1S/C12H15NO6S/c1-2-18-10-4-3-8(5-11(10)20(13,15)16)12(14)19-9-6-17-7-9/h3-5,9H,2,6-7H2,1H3,(H2,13,15,16). The zero-order valence-corrected chi connectivity index (χ0v) is 11.7. The lowest BCUT2D eigenvalue weighted by Gasteiger charge is -2.25. The SMILES string of the molecule is CCOc1ccc(C(=O)OC2COC2)cc1S(N)(=O)=O. The molecule has 20 heavy (non-hydrogen) atoms. The van der Waals surface area contributed by atoms with Gasteiger partial charge in [0, 0.05) is 0 Å². The molecule has 0 aliphatic carbocycles. The lowest BCUT2D eigenvalue weighted by atomic mass is 10.2. The molecule has 0 unspecified atom stereocenters. The third-order valence-electron chi connectivity index (χ3n) is 2.67. The summed E-state index contributed by atoms with van der Waals surface area (Å²) in [4.78, 5) is 11.6. The molecule has 0 saturated carbocycles. The molecule has 0 bridgehead atoms. The minimum absolute atomic E-state index is 0.101. The lowest BCUT2D eigenvalue weighted by molar-refractivity contribution is -0.103. The van der Waals surface area contributed by atoms with Gasteiger partial charge in [-0.3, -0.25) is 0 Å². The van der Waals surface area contributed by atoms with Crippen LogP contribution >= 0.6 is 0 Å². The van der Waals surface area contributed by atoms with Crippen LogP contribution in [0, 0.1) is 0 Å². The molecule has 1 fully saturated rings. The predicted octanol–water partition coefficient (Wildman–Crippen LogP) is 0.288. The Kier molecular flexibility index (Phi) is 4.26. The van der Waals surface area contributed by atoms with Crippen LogP contribution < -0.4 is 9.88 Å². The van der Waals surface area contributed by atoms with Crippen molar-refractivity contribution >= 4 is 16.0 Å². The van der Waals surface area contributed by atoms with Crippen molar-refractivity contribution in [1.82, 2.24) is 0 Å². The van der Waals surface area contributed by atoms with Crippen LogP contribution in [0.1, 0.15) is 17.3 Å². The molecule has 110 valence electrons. The highest BCUT2D eigenvalue weighted by atomic mass is 32.2. The minimum Gasteiger partial charge on any atom is -0.492 e. The number of hydrogen-bond donors (Lipinski definition) is 1. The van der Waals surface area contributed by atoms with Crippen molar-refractivity contribution in [3.05, 3.63) is 23.8 Å². The second-order valence-electron chi connectivity index (χ2n) is 4.20. The highest BCUT2D eigenvalue weighted by molar-refractivity contribution is 7.89. The van der Waals surface area contributed by atoms with Crippen molar-refractivity contribution in [3.8, 4) is 5.75 Å². The van der Waals surface area contributed by atoms with Gasteiger partial charge in [0.25, 0.3) is 0 Å². The molecule has 2 rings (SSSR count). The molecule has 1 saturated heterocycles. The predicted molar refractivity (Wildman–Crippen MR) is 69.0 cm³/mol. The summed E-state index contributed by atoms with van der Waals surface area (Å²) in [6.07, 6.45) is -0.285. The molecule has 0 spiro atoms. The number of carbonyl (C=O) groups is 1. The average Bonchev–Trinajstić information content (AvgIpc) is 2.33. The van der Waals surface area contributed by atoms with E-state index in [2.05, 4.69) is 0 Å². The number of benzene rings is 1. The van der Waals surface area contributed by atoms with E-state index < -0.39 is 16.0 Å². The van der Waals surface area contributed by atoms with E-state index in [-0.39, 0.29) is 28.9 Å². The molecule has 0 atom stereocenters. The number of hydrogen-bond acceptors (Lipinski definition) is 6. The fourth-order valence-corrected chi connectivity index (χ4v) is 2.33. The second kappa shape index (κ2) is 5.78. The minimum atomic E-state index is -3.99. The van der Waals surface area contributed by atoms with Crippen molar-refractivity contribution in [3.63, 3.8) is 0 Å². The van der Waals surface area contributed by atoms with Crippen molar-refractivity contribution in [2.45, 2.75) is 17.9 Å². The maximum absolute atomic E-state index is 11.8. The van der Waals surface area contributed by atoms with Crippen molar-refractivity contribution in [2.24, 2.45) is 5.14 Å². The third kappa shape index (κ3) is 3.27. The maximum atomic E-state index is 11.8. The zero-order chi connectivity index (χ0) is 14.8. The van der Waals surface area contributed by atoms with Crippen LogP contribution in [0.25, 0.3) is 0 Å². The number of ether oxygens (including phenoxy) is 3. The molecule has 0 aromatic heterocycles. The first-order chi connectivity index (χ1) is 9.41. The molecule has 1 heterocycles. The number of nitrogens with two attached hydrogens (primary N) is 1. The molecule has 0 radical (unpaired) electrons. The Labute approximate surface area is 116 Å². The van der Waals surface area contributed by atoms with Crippen LogP contribution in [0.5, 0.6) is 5.75 Å². The van der Waals surface area contributed by atoms with Gasteiger partial charge in [-0.1, -0.05) is 0 Å². The van der Waals surface area contributed by atoms with E-state index >= 15 is 0 Å². The summed E-state index contributed by atoms with van der Waals surface area (Å²) in [6, 6.07) is 3.97. The van der Waals surface area contributed by atoms with Gasteiger partial charge in [0.15, 0.2) is 0 Å². The van der Waals surface area contributed by atoms with Gasteiger partial charge in [-0.2, -0.15) is 0 Å². The zero-order valence-electron chi connectivity index (χ0n) is 10.9. The van der Waals surface area contributed by atoms with Gasteiger partial charge in [0.2, 0.25) is 10.0 Å². The van der Waals surface area contributed by atoms with Crippen LogP contribution in [-0.2, 0) is 19.5 Å². The van der Waals surface area contributed by atoms with E-state index in [0.29, 0.717) is 13.2 Å². The molecule has 7 nitrogen and oxygen atoms in total. The molecule has 1 aliphatic heterocycles. The lowest BCUT2D eigenvalue weighted by Crippen LogP contribution is -2.37. The summed E-state index contributed by atoms with van der Waals surface area (Å²) in [5.74, 6) is -0.509. The van der Waals surface area contributed by atoms with E-state index in [0.717, 1.165) is 6.07 Å². The van der Waals surface area contributed by atoms with E-state index in [1.54, 1.807) is 6.92 Å². The second-order valence-corrected chi connectivity index (χ2v) is 5.73. The summed E-state index contributed by atoms with van der Waals surface area (Å²) in [5, 5.41) is 5.12. The van der Waals surface area contributed by atoms with Gasteiger partial charge in [0.1, 0.15) is 16.7 Å². The Morgan fingerprint density at radius 2 is 2.15 bits per heavy atom. The Morgan fingerprint density at radius 3 is 2.65 bits per heavy atom. The van der Waals surface area contributed by atoms with Crippen molar-refractivity contribution < 1.29 is 27.4 Å². The molecule has 1 aromatic rings. The Hall–Kier alpha value is -1.64. The molecule has 2 N–H and O–H groups in total. The highest BCUT2D eigenvalue weighted by Gasteiger charge is 2.25. The van der Waals surface area contributed by atoms with E-state index in [4.69, 9.17) is 19.3 Å². The van der Waals surface area contributed by atoms with E-state index in [1.807, 2.05) is 0 Å². The first-order valence-corrected chi connectivity index (χ1v) is 7.55. The van der Waals surface area contributed by atoms with Crippen LogP contribution in [-0.4, -0.2) is 40.3 Å². The summed E-state index contributed by atoms with van der Waals surface area (Å²) < 4.78 is 38.2. The average molecular weight is 301 g/mol. The monoisotopic (exact) mass is 301 g/mol. The highest BCUT2D eigenvalue weighted by Crippen LogP contribution is 2.25. The Balaban J connectivity index is 2.28. The number of sulfonamides is 1. The molecule has 1 aromatic carbocycles. The summed E-state index contributed by atoms with van der Waals surface area (Å²) in [6.45, 7) is 2.70. The molecule has 0 amide bonds. The topological polar surface area (TPSA) is 105 Å². The molecule has 1 aliphatic rings. The van der Waals surface area contributed by atoms with E-state index in [1.165, 1.54) is 12.1 Å². The fraction of sp³-hybridized carbons (Fsp3) is 0.417. The van der Waals surface area contributed by atoms with Crippen LogP contribution in [0.15, 0.2) is 23.1 Å². The van der Waals surface area contributed by atoms with Crippen LogP contribution in [0.3, 0.4) is 0 Å². The normalized spacial score (nSPS) is 15.5. The van der Waals surface area contributed by atoms with Crippen molar-refractivity contribution in [1.29, 1.82) is 0 Å². The summed E-state index contributed by atoms with van der Waals surface area (Å²) in [5.41, 5.74) is 0.101. The van der Waals surface area contributed by atoms with Crippen LogP contribution in [0.4, 0.5) is 0 Å². The summed E-state index contributed by atoms with van der Waals surface area (Å²) in [7, 11) is -3.99. The molecule has 8 heteroatoms. The molecular weight excluding hydrogens is 286 g/mol. The van der Waals surface area contributed by atoms with Gasteiger partial charge in [-0.15, -0.1) is 0 Å². The van der Waals surface area contributed by atoms with Gasteiger partial charge in [-0.05, 0) is 25.1 Å². The first-order valence-electron chi connectivity index (χ1n) is 6.00. The maximum Gasteiger partial charge on any atom is 0.338 e. The van der Waals surface area contributed by atoms with Gasteiger partial charge in [0.05, 0.1) is 25.4 Å². The van der Waals surface area contributed by atoms with Gasteiger partial charge >= 0.3 is 5.97 Å². The van der Waals surface area contributed by atoms with Gasteiger partial charge in [-0.25, -0.2) is 18.4 Å². The molecular formula is C12H15NO6S. The number of carbonyl (C=O) groups excluding carboxylic acids is 1. The van der Waals surface area contributed by atoms with Crippen LogP contribution in [0.2, 0.25) is 0 Å².